The largest absolute Gasteiger partial charge is 0.479 e. The van der Waals surface area contributed by atoms with Gasteiger partial charge in [-0.05, 0) is 29.3 Å². The molecule has 0 amide bonds. The van der Waals surface area contributed by atoms with Gasteiger partial charge in [-0.1, -0.05) is 6.92 Å². The van der Waals surface area contributed by atoms with Crippen molar-refractivity contribution in [2.75, 3.05) is 0 Å². The van der Waals surface area contributed by atoms with Crippen molar-refractivity contribution in [1.29, 1.82) is 0 Å². The third-order valence-electron chi connectivity index (χ3n) is 2.32. The van der Waals surface area contributed by atoms with Crippen LogP contribution in [0.1, 0.15) is 25.2 Å². The van der Waals surface area contributed by atoms with Gasteiger partial charge in [0.25, 0.3) is 0 Å². The van der Waals surface area contributed by atoms with Crippen molar-refractivity contribution < 1.29 is 14.6 Å². The van der Waals surface area contributed by atoms with Crippen LogP contribution in [0.4, 0.5) is 0 Å². The van der Waals surface area contributed by atoms with Crippen molar-refractivity contribution in [2.24, 2.45) is 7.05 Å². The number of rotatable bonds is 5. The molecular formula is C10H15BrN2O3. The van der Waals surface area contributed by atoms with Gasteiger partial charge in [0, 0.05) is 7.05 Å². The Hall–Kier alpha value is -0.880. The summed E-state index contributed by atoms with van der Waals surface area (Å²) in [6.45, 7) is 3.75. The monoisotopic (exact) mass is 290 g/mol. The van der Waals surface area contributed by atoms with Crippen LogP contribution in [0.25, 0.3) is 0 Å². The number of halogens is 1. The molecule has 0 saturated heterocycles. The number of aliphatic carboxylic acids is 1. The molecule has 1 atom stereocenters. The molecule has 16 heavy (non-hydrogen) atoms. The number of hydrogen-bond acceptors (Lipinski definition) is 3. The molecule has 0 aliphatic rings. The van der Waals surface area contributed by atoms with Gasteiger partial charge in [0.15, 0.2) is 6.10 Å². The van der Waals surface area contributed by atoms with E-state index in [1.165, 1.54) is 6.92 Å². The molecule has 0 aliphatic carbocycles. The third kappa shape index (κ3) is 2.82. The molecule has 6 heteroatoms. The minimum Gasteiger partial charge on any atom is -0.479 e. The number of aromatic nitrogens is 2. The van der Waals surface area contributed by atoms with Gasteiger partial charge in [-0.15, -0.1) is 0 Å². The molecule has 0 bridgehead atoms. The Morgan fingerprint density at radius 2 is 2.31 bits per heavy atom. The number of hydrogen-bond donors (Lipinski definition) is 1. The summed E-state index contributed by atoms with van der Waals surface area (Å²) in [6, 6.07) is 0. The van der Waals surface area contributed by atoms with Gasteiger partial charge in [0.1, 0.15) is 0 Å². The van der Waals surface area contributed by atoms with Crippen LogP contribution in [0.5, 0.6) is 0 Å². The Balaban J connectivity index is 2.74. The number of aryl methyl sites for hydroxylation is 2. The predicted molar refractivity (Wildman–Crippen MR) is 62.2 cm³/mol. The number of carboxylic acid groups (broad SMARTS) is 1. The topological polar surface area (TPSA) is 64.4 Å². The molecule has 0 fully saturated rings. The molecule has 5 nitrogen and oxygen atoms in total. The minimum atomic E-state index is -0.964. The van der Waals surface area contributed by atoms with E-state index >= 15 is 0 Å². The van der Waals surface area contributed by atoms with Gasteiger partial charge in [-0.2, -0.15) is 5.10 Å². The quantitative estimate of drug-likeness (QED) is 0.897. The van der Waals surface area contributed by atoms with E-state index in [9.17, 15) is 4.79 Å². The predicted octanol–water partition coefficient (Wildman–Crippen LogP) is 1.73. The molecule has 0 unspecified atom stereocenters. The standard InChI is InChI=1S/C10H15BrN2O3/c1-4-7-9(11)8(13(3)12-7)5-16-6(2)10(14)15/h6H,4-5H2,1-3H3,(H,14,15)/t6-/m1/s1. The van der Waals surface area contributed by atoms with Crippen molar-refractivity contribution in [3.05, 3.63) is 15.9 Å². The van der Waals surface area contributed by atoms with E-state index < -0.39 is 12.1 Å². The molecule has 90 valence electrons. The second-order valence-electron chi connectivity index (χ2n) is 3.48. The summed E-state index contributed by atoms with van der Waals surface area (Å²) in [5.41, 5.74) is 1.80. The third-order valence-corrected chi connectivity index (χ3v) is 3.24. The second-order valence-corrected chi connectivity index (χ2v) is 4.27. The first kappa shape index (κ1) is 13.2. The lowest BCUT2D eigenvalue weighted by atomic mass is 10.3. The Bertz CT molecular complexity index is 390. The van der Waals surface area contributed by atoms with E-state index in [1.807, 2.05) is 14.0 Å². The van der Waals surface area contributed by atoms with Crippen LogP contribution in [-0.4, -0.2) is 27.0 Å². The van der Waals surface area contributed by atoms with Crippen molar-refractivity contribution in [2.45, 2.75) is 33.0 Å². The van der Waals surface area contributed by atoms with Crippen LogP contribution < -0.4 is 0 Å². The molecule has 1 aromatic heterocycles. The maximum Gasteiger partial charge on any atom is 0.332 e. The zero-order valence-electron chi connectivity index (χ0n) is 9.53. The normalized spacial score (nSPS) is 12.8. The van der Waals surface area contributed by atoms with E-state index in [-0.39, 0.29) is 6.61 Å². The van der Waals surface area contributed by atoms with Crippen molar-refractivity contribution in [1.82, 2.24) is 9.78 Å². The summed E-state index contributed by atoms with van der Waals surface area (Å²) < 4.78 is 7.82. The number of carbonyl (C=O) groups is 1. The zero-order chi connectivity index (χ0) is 12.3. The van der Waals surface area contributed by atoms with Crippen LogP contribution in [0.3, 0.4) is 0 Å². The average Bonchev–Trinajstić information content (AvgIpc) is 2.51. The van der Waals surface area contributed by atoms with Crippen LogP contribution >= 0.6 is 15.9 Å². The van der Waals surface area contributed by atoms with Crippen molar-refractivity contribution >= 4 is 21.9 Å². The van der Waals surface area contributed by atoms with E-state index in [2.05, 4.69) is 21.0 Å². The molecule has 0 spiro atoms. The average molecular weight is 291 g/mol. The van der Waals surface area contributed by atoms with E-state index in [0.29, 0.717) is 0 Å². The molecule has 1 aromatic rings. The van der Waals surface area contributed by atoms with Gasteiger partial charge in [0.05, 0.1) is 22.5 Å². The summed E-state index contributed by atoms with van der Waals surface area (Å²) >= 11 is 3.44. The lowest BCUT2D eigenvalue weighted by Crippen LogP contribution is -2.20. The van der Waals surface area contributed by atoms with Crippen LogP contribution in [0.2, 0.25) is 0 Å². The number of nitrogens with zero attached hydrogens (tertiary/aromatic N) is 2. The Kier molecular flexibility index (Phi) is 4.49. The SMILES string of the molecule is CCc1nn(C)c(CO[C@H](C)C(=O)O)c1Br. The molecule has 1 N–H and O–H groups in total. The molecule has 1 rings (SSSR count). The number of ether oxygens (including phenoxy) is 1. The lowest BCUT2D eigenvalue weighted by Gasteiger charge is -2.08. The molecular weight excluding hydrogens is 276 g/mol. The summed E-state index contributed by atoms with van der Waals surface area (Å²) in [4.78, 5) is 10.6. The van der Waals surface area contributed by atoms with E-state index in [4.69, 9.17) is 9.84 Å². The highest BCUT2D eigenvalue weighted by Crippen LogP contribution is 2.22. The minimum absolute atomic E-state index is 0.234. The maximum absolute atomic E-state index is 10.6. The van der Waals surface area contributed by atoms with Gasteiger partial charge >= 0.3 is 5.97 Å². The Labute approximate surface area is 103 Å². The summed E-state index contributed by atoms with van der Waals surface area (Å²) in [7, 11) is 1.81. The van der Waals surface area contributed by atoms with Gasteiger partial charge < -0.3 is 9.84 Å². The molecule has 0 aromatic carbocycles. The summed E-state index contributed by atoms with van der Waals surface area (Å²) in [5, 5.41) is 13.0. The molecule has 0 saturated carbocycles. The lowest BCUT2D eigenvalue weighted by molar-refractivity contribution is -0.150. The first-order valence-corrected chi connectivity index (χ1v) is 5.81. The fourth-order valence-electron chi connectivity index (χ4n) is 1.25. The van der Waals surface area contributed by atoms with Crippen LogP contribution in [0, 0.1) is 0 Å². The first-order chi connectivity index (χ1) is 7.47. The van der Waals surface area contributed by atoms with Crippen molar-refractivity contribution in [3.63, 3.8) is 0 Å². The Morgan fingerprint density at radius 3 is 2.75 bits per heavy atom. The van der Waals surface area contributed by atoms with E-state index in [1.54, 1.807) is 4.68 Å². The fraction of sp³-hybridized carbons (Fsp3) is 0.600. The highest BCUT2D eigenvalue weighted by Gasteiger charge is 2.16. The van der Waals surface area contributed by atoms with Crippen LogP contribution in [0.15, 0.2) is 4.47 Å². The van der Waals surface area contributed by atoms with Gasteiger partial charge in [-0.25, -0.2) is 4.79 Å². The van der Waals surface area contributed by atoms with Crippen LogP contribution in [-0.2, 0) is 29.6 Å². The first-order valence-electron chi connectivity index (χ1n) is 5.02. The zero-order valence-corrected chi connectivity index (χ0v) is 11.1. The maximum atomic E-state index is 10.6. The fourth-order valence-corrected chi connectivity index (χ4v) is 1.98. The molecule has 0 aliphatic heterocycles. The summed E-state index contributed by atoms with van der Waals surface area (Å²) in [5.74, 6) is -0.964. The Morgan fingerprint density at radius 1 is 1.69 bits per heavy atom. The van der Waals surface area contributed by atoms with Crippen molar-refractivity contribution in [3.8, 4) is 0 Å². The van der Waals surface area contributed by atoms with Gasteiger partial charge in [-0.3, -0.25) is 4.68 Å². The smallest absolute Gasteiger partial charge is 0.332 e. The molecule has 1 heterocycles. The highest BCUT2D eigenvalue weighted by molar-refractivity contribution is 9.10. The summed E-state index contributed by atoms with van der Waals surface area (Å²) in [6.07, 6.45) is 0.00925. The highest BCUT2D eigenvalue weighted by atomic mass is 79.9. The number of carboxylic acids is 1. The second kappa shape index (κ2) is 5.45. The van der Waals surface area contributed by atoms with E-state index in [0.717, 1.165) is 22.3 Å². The molecule has 0 radical (unpaired) electrons. The van der Waals surface area contributed by atoms with Gasteiger partial charge in [0.2, 0.25) is 0 Å².